The number of anilines is 1. The zero-order valence-electron chi connectivity index (χ0n) is 9.13. The molecule has 0 aliphatic rings. The molecule has 0 radical (unpaired) electrons. The van der Waals surface area contributed by atoms with Crippen molar-refractivity contribution in [1.29, 1.82) is 0 Å². The van der Waals surface area contributed by atoms with Crippen LogP contribution in [0.5, 0.6) is 0 Å². The first kappa shape index (κ1) is 11.6. The van der Waals surface area contributed by atoms with Crippen LogP contribution in [0.3, 0.4) is 0 Å². The average Bonchev–Trinajstić information content (AvgIpc) is 2.61. The molecule has 0 spiro atoms. The van der Waals surface area contributed by atoms with Crippen molar-refractivity contribution in [2.24, 2.45) is 0 Å². The van der Waals surface area contributed by atoms with Crippen LogP contribution >= 0.6 is 22.6 Å². The third-order valence-electron chi connectivity index (χ3n) is 2.45. The Kier molecular flexibility index (Phi) is 3.57. The Hall–Kier alpha value is -0.920. The van der Waals surface area contributed by atoms with Crippen LogP contribution in [0, 0.1) is 3.70 Å². The van der Waals surface area contributed by atoms with E-state index in [1.807, 2.05) is 0 Å². The first-order valence-electron chi connectivity index (χ1n) is 5.38. The molecule has 5 nitrogen and oxygen atoms in total. The molecule has 0 aliphatic heterocycles. The maximum atomic E-state index is 5.89. The summed E-state index contributed by atoms with van der Waals surface area (Å²) < 4.78 is 0.894. The van der Waals surface area contributed by atoms with E-state index in [1.54, 1.807) is 0 Å². The van der Waals surface area contributed by atoms with E-state index in [-0.39, 0.29) is 0 Å². The highest BCUT2D eigenvalue weighted by molar-refractivity contribution is 14.1. The summed E-state index contributed by atoms with van der Waals surface area (Å²) in [5.74, 6) is 1.32. The van der Waals surface area contributed by atoms with Crippen molar-refractivity contribution >= 4 is 39.4 Å². The Morgan fingerprint density at radius 1 is 1.31 bits per heavy atom. The van der Waals surface area contributed by atoms with E-state index in [0.29, 0.717) is 11.5 Å². The summed E-state index contributed by atoms with van der Waals surface area (Å²) >= 11 is 2.15. The van der Waals surface area contributed by atoms with E-state index in [9.17, 15) is 0 Å². The third-order valence-corrected chi connectivity index (χ3v) is 3.23. The van der Waals surface area contributed by atoms with Gasteiger partial charge in [0.1, 0.15) is 15.3 Å². The minimum atomic E-state index is 0.523. The quantitative estimate of drug-likeness (QED) is 0.665. The maximum absolute atomic E-state index is 5.89. The van der Waals surface area contributed by atoms with Crippen molar-refractivity contribution in [2.75, 3.05) is 5.73 Å². The summed E-state index contributed by atoms with van der Waals surface area (Å²) in [5, 5.41) is 7.80. The van der Waals surface area contributed by atoms with Crippen molar-refractivity contribution in [1.82, 2.24) is 20.2 Å². The van der Waals surface area contributed by atoms with Gasteiger partial charge in [-0.15, -0.1) is 0 Å². The molecule has 0 saturated heterocycles. The molecule has 2 aromatic rings. The number of halogens is 1. The topological polar surface area (TPSA) is 80.5 Å². The van der Waals surface area contributed by atoms with Gasteiger partial charge in [0.05, 0.1) is 5.39 Å². The summed E-state index contributed by atoms with van der Waals surface area (Å²) in [6.45, 7) is 2.18. The molecule has 16 heavy (non-hydrogen) atoms. The predicted molar refractivity (Wildman–Crippen MR) is 72.0 cm³/mol. The first-order valence-corrected chi connectivity index (χ1v) is 6.46. The number of nitrogens with one attached hydrogen (secondary N) is 1. The van der Waals surface area contributed by atoms with Gasteiger partial charge in [0.2, 0.25) is 0 Å². The largest absolute Gasteiger partial charge is 0.383 e. The predicted octanol–water partition coefficient (Wildman–Crippen LogP) is 2.27. The zero-order chi connectivity index (χ0) is 11.5. The molecule has 3 N–H and O–H groups in total. The van der Waals surface area contributed by atoms with E-state index in [0.717, 1.165) is 27.8 Å². The first-order chi connectivity index (χ1) is 7.72. The minimum Gasteiger partial charge on any atom is -0.383 e. The lowest BCUT2D eigenvalue weighted by molar-refractivity contribution is 0.696. The van der Waals surface area contributed by atoms with Crippen LogP contribution in [-0.4, -0.2) is 20.2 Å². The summed E-state index contributed by atoms with van der Waals surface area (Å²) in [6.07, 6.45) is 4.36. The smallest absolute Gasteiger partial charge is 0.187 e. The minimum absolute atomic E-state index is 0.523. The number of nitrogen functional groups attached to an aromatic ring is 1. The average molecular weight is 331 g/mol. The number of unbranched alkanes of at least 4 members (excludes halogenated alkanes) is 2. The lowest BCUT2D eigenvalue weighted by atomic mass is 10.2. The lowest BCUT2D eigenvalue weighted by Gasteiger charge is -2.01. The van der Waals surface area contributed by atoms with Gasteiger partial charge in [0.15, 0.2) is 5.65 Å². The molecule has 2 rings (SSSR count). The lowest BCUT2D eigenvalue weighted by Crippen LogP contribution is -2.01. The fraction of sp³-hybridized carbons (Fsp3) is 0.500. The molecular weight excluding hydrogens is 317 g/mol. The highest BCUT2D eigenvalue weighted by Gasteiger charge is 2.10. The van der Waals surface area contributed by atoms with Crippen LogP contribution in [0.15, 0.2) is 0 Å². The molecule has 86 valence electrons. The molecule has 0 saturated carbocycles. The van der Waals surface area contributed by atoms with Gasteiger partial charge in [0, 0.05) is 6.42 Å². The van der Waals surface area contributed by atoms with Crippen molar-refractivity contribution < 1.29 is 0 Å². The number of fused-ring (bicyclic) bond motifs is 1. The van der Waals surface area contributed by atoms with Crippen LogP contribution in [0.25, 0.3) is 11.0 Å². The van der Waals surface area contributed by atoms with Crippen LogP contribution in [-0.2, 0) is 6.42 Å². The second-order valence-corrected chi connectivity index (χ2v) is 4.80. The third kappa shape index (κ3) is 2.26. The Bertz CT molecular complexity index is 493. The molecule has 0 atom stereocenters. The van der Waals surface area contributed by atoms with Gasteiger partial charge in [-0.25, -0.2) is 9.97 Å². The highest BCUT2D eigenvalue weighted by atomic mass is 127. The number of nitrogens with zero attached hydrogens (tertiary/aromatic N) is 3. The van der Waals surface area contributed by atoms with E-state index < -0.39 is 0 Å². The van der Waals surface area contributed by atoms with Crippen molar-refractivity contribution in [3.8, 4) is 0 Å². The van der Waals surface area contributed by atoms with Gasteiger partial charge in [-0.05, 0) is 29.0 Å². The molecule has 0 unspecified atom stereocenters. The summed E-state index contributed by atoms with van der Waals surface area (Å²) in [5.41, 5.74) is 6.56. The van der Waals surface area contributed by atoms with E-state index >= 15 is 0 Å². The Morgan fingerprint density at radius 2 is 2.12 bits per heavy atom. The molecule has 0 bridgehead atoms. The molecular formula is C10H14IN5. The van der Waals surface area contributed by atoms with E-state index in [4.69, 9.17) is 5.73 Å². The fourth-order valence-corrected chi connectivity index (χ4v) is 2.25. The summed E-state index contributed by atoms with van der Waals surface area (Å²) in [6, 6.07) is 0. The van der Waals surface area contributed by atoms with Crippen LogP contribution in [0.2, 0.25) is 0 Å². The van der Waals surface area contributed by atoms with Crippen LogP contribution < -0.4 is 5.73 Å². The van der Waals surface area contributed by atoms with Gasteiger partial charge in [-0.3, -0.25) is 5.10 Å². The van der Waals surface area contributed by atoms with E-state index in [1.165, 1.54) is 12.8 Å². The van der Waals surface area contributed by atoms with Gasteiger partial charge < -0.3 is 5.73 Å². The maximum Gasteiger partial charge on any atom is 0.187 e. The summed E-state index contributed by atoms with van der Waals surface area (Å²) in [7, 11) is 0. The molecule has 0 amide bonds. The number of aromatic nitrogens is 4. The number of hydrogen-bond acceptors (Lipinski definition) is 4. The standard InChI is InChI=1S/C10H14IN5/c1-2-3-4-5-6-13-9(12)7-8(11)15-16-10(7)14-6/h2-5H2,1H3,(H3,12,13,14,15,16). The van der Waals surface area contributed by atoms with Gasteiger partial charge in [-0.1, -0.05) is 19.8 Å². The molecule has 0 aromatic carbocycles. The Labute approximate surface area is 107 Å². The molecule has 0 aliphatic carbocycles. The number of H-pyrrole nitrogens is 1. The number of nitrogens with two attached hydrogens (primary N) is 1. The molecule has 2 aromatic heterocycles. The summed E-state index contributed by atoms with van der Waals surface area (Å²) in [4.78, 5) is 8.70. The van der Waals surface area contributed by atoms with Gasteiger partial charge >= 0.3 is 0 Å². The number of rotatable bonds is 4. The Balaban J connectivity index is 2.28. The second-order valence-electron chi connectivity index (χ2n) is 3.72. The zero-order valence-corrected chi connectivity index (χ0v) is 11.3. The Morgan fingerprint density at radius 3 is 2.88 bits per heavy atom. The monoisotopic (exact) mass is 331 g/mol. The van der Waals surface area contributed by atoms with Crippen LogP contribution in [0.4, 0.5) is 5.82 Å². The van der Waals surface area contributed by atoms with Gasteiger partial charge in [0.25, 0.3) is 0 Å². The van der Waals surface area contributed by atoms with Crippen molar-refractivity contribution in [3.63, 3.8) is 0 Å². The van der Waals surface area contributed by atoms with Crippen molar-refractivity contribution in [3.05, 3.63) is 9.53 Å². The number of aryl methyl sites for hydroxylation is 1. The molecule has 0 fully saturated rings. The number of hydrogen-bond donors (Lipinski definition) is 2. The fourth-order valence-electron chi connectivity index (χ4n) is 1.61. The molecule has 2 heterocycles. The van der Waals surface area contributed by atoms with Crippen molar-refractivity contribution in [2.45, 2.75) is 32.6 Å². The number of aromatic amines is 1. The van der Waals surface area contributed by atoms with Gasteiger partial charge in [-0.2, -0.15) is 5.10 Å². The highest BCUT2D eigenvalue weighted by Crippen LogP contribution is 2.21. The SMILES string of the molecule is CCCCCc1nc(N)c2c(I)[nH]nc2n1. The molecule has 6 heteroatoms. The normalized spacial score (nSPS) is 11.1. The van der Waals surface area contributed by atoms with E-state index in [2.05, 4.69) is 49.7 Å². The second kappa shape index (κ2) is 4.94. The van der Waals surface area contributed by atoms with Crippen LogP contribution in [0.1, 0.15) is 32.0 Å².